The van der Waals surface area contributed by atoms with Crippen molar-refractivity contribution in [3.05, 3.63) is 11.2 Å². The molecule has 0 aliphatic carbocycles. The van der Waals surface area contributed by atoms with Crippen molar-refractivity contribution >= 4 is 34.7 Å². The summed E-state index contributed by atoms with van der Waals surface area (Å²) < 4.78 is 0. The number of carbonyl (C=O) groups is 1. The quantitative estimate of drug-likeness (QED) is 0.445. The molecule has 0 saturated carbocycles. The molecule has 1 atom stereocenters. The molecule has 0 radical (unpaired) electrons. The Labute approximate surface area is 68.5 Å². The van der Waals surface area contributed by atoms with Gasteiger partial charge in [-0.15, -0.1) is 0 Å². The highest BCUT2D eigenvalue weighted by Gasteiger charge is 2.15. The van der Waals surface area contributed by atoms with E-state index in [9.17, 15) is 4.79 Å². The third-order valence-electron chi connectivity index (χ3n) is 1.22. The van der Waals surface area contributed by atoms with Crippen molar-refractivity contribution in [3.8, 4) is 0 Å². The molecule has 54 valence electrons. The van der Waals surface area contributed by atoms with Crippen LogP contribution in [0.4, 0.5) is 0 Å². The molecule has 0 amide bonds. The number of allylic oxidation sites excluding steroid dienone is 1. The summed E-state index contributed by atoms with van der Waals surface area (Å²) in [5, 5.41) is 0.644. The zero-order valence-corrected chi connectivity index (χ0v) is 6.56. The summed E-state index contributed by atoms with van der Waals surface area (Å²) in [6.07, 6.45) is 3.00. The van der Waals surface area contributed by atoms with Crippen molar-refractivity contribution in [2.45, 2.75) is 6.42 Å². The van der Waals surface area contributed by atoms with Crippen LogP contribution in [0.5, 0.6) is 0 Å². The van der Waals surface area contributed by atoms with E-state index in [2.05, 4.69) is 4.99 Å². The second-order valence-corrected chi connectivity index (χ2v) is 2.71. The second kappa shape index (κ2) is 3.17. The van der Waals surface area contributed by atoms with E-state index in [-0.39, 0.29) is 11.1 Å². The molecule has 0 saturated heterocycles. The highest BCUT2D eigenvalue weighted by atomic mass is 35.5. The molecule has 1 rings (SSSR count). The molecular weight excluding hydrogens is 173 g/mol. The molecule has 1 heterocycles. The van der Waals surface area contributed by atoms with Gasteiger partial charge in [-0.2, -0.15) is 0 Å². The summed E-state index contributed by atoms with van der Waals surface area (Å²) in [6, 6.07) is 0. The van der Waals surface area contributed by atoms with Gasteiger partial charge in [-0.1, -0.05) is 23.2 Å². The fourth-order valence-electron chi connectivity index (χ4n) is 0.664. The highest BCUT2D eigenvalue weighted by Crippen LogP contribution is 2.19. The largest absolute Gasteiger partial charge is 0.303 e. The standard InChI is InChI=1S/C6H5Cl2NO/c7-5-2-1-4(3-10)6(8)9-5/h2-4H,1H2. The van der Waals surface area contributed by atoms with Gasteiger partial charge in [-0.25, -0.2) is 4.99 Å². The summed E-state index contributed by atoms with van der Waals surface area (Å²) in [5.41, 5.74) is 0. The van der Waals surface area contributed by atoms with E-state index >= 15 is 0 Å². The number of aliphatic imine (C=N–C) groups is 1. The lowest BCUT2D eigenvalue weighted by atomic mass is 10.1. The number of rotatable bonds is 1. The molecule has 0 bridgehead atoms. The van der Waals surface area contributed by atoms with Crippen LogP contribution in [0.15, 0.2) is 16.2 Å². The number of aldehydes is 1. The predicted octanol–water partition coefficient (Wildman–Crippen LogP) is 1.92. The molecule has 0 spiro atoms. The number of nitrogens with zero attached hydrogens (tertiary/aromatic N) is 1. The van der Waals surface area contributed by atoms with Gasteiger partial charge in [0, 0.05) is 0 Å². The lowest BCUT2D eigenvalue weighted by Gasteiger charge is -2.08. The highest BCUT2D eigenvalue weighted by molar-refractivity contribution is 6.67. The Morgan fingerprint density at radius 3 is 2.90 bits per heavy atom. The maximum absolute atomic E-state index is 10.2. The minimum atomic E-state index is -0.288. The van der Waals surface area contributed by atoms with Gasteiger partial charge in [-0.05, 0) is 12.5 Å². The van der Waals surface area contributed by atoms with Crippen LogP contribution in [0.2, 0.25) is 0 Å². The van der Waals surface area contributed by atoms with E-state index in [0.717, 1.165) is 6.29 Å². The summed E-state index contributed by atoms with van der Waals surface area (Å²) in [6.45, 7) is 0. The van der Waals surface area contributed by atoms with Crippen LogP contribution in [-0.2, 0) is 4.79 Å². The van der Waals surface area contributed by atoms with Crippen LogP contribution in [0.3, 0.4) is 0 Å². The fourth-order valence-corrected chi connectivity index (χ4v) is 1.12. The summed E-state index contributed by atoms with van der Waals surface area (Å²) in [4.78, 5) is 14.0. The molecule has 4 heteroatoms. The van der Waals surface area contributed by atoms with E-state index < -0.39 is 0 Å². The average Bonchev–Trinajstić information content (AvgIpc) is 1.88. The maximum atomic E-state index is 10.2. The van der Waals surface area contributed by atoms with Crippen molar-refractivity contribution in [2.24, 2.45) is 10.9 Å². The van der Waals surface area contributed by atoms with E-state index in [1.807, 2.05) is 0 Å². The summed E-state index contributed by atoms with van der Waals surface area (Å²) in [7, 11) is 0. The first-order valence-electron chi connectivity index (χ1n) is 2.79. The van der Waals surface area contributed by atoms with Gasteiger partial charge in [0.05, 0.1) is 5.92 Å². The van der Waals surface area contributed by atoms with Gasteiger partial charge in [-0.3, -0.25) is 0 Å². The minimum absolute atomic E-state index is 0.280. The number of hydrogen-bond donors (Lipinski definition) is 0. The lowest BCUT2D eigenvalue weighted by molar-refractivity contribution is -0.109. The van der Waals surface area contributed by atoms with Crippen molar-refractivity contribution in [1.82, 2.24) is 0 Å². The molecule has 0 N–H and O–H groups in total. The molecule has 0 fully saturated rings. The molecular formula is C6H5Cl2NO. The Morgan fingerprint density at radius 1 is 1.70 bits per heavy atom. The first kappa shape index (κ1) is 7.76. The van der Waals surface area contributed by atoms with Crippen LogP contribution >= 0.6 is 23.2 Å². The van der Waals surface area contributed by atoms with Crippen molar-refractivity contribution in [3.63, 3.8) is 0 Å². The van der Waals surface area contributed by atoms with Crippen molar-refractivity contribution in [1.29, 1.82) is 0 Å². The van der Waals surface area contributed by atoms with E-state index in [0.29, 0.717) is 11.6 Å². The second-order valence-electron chi connectivity index (χ2n) is 1.94. The molecule has 1 aliphatic rings. The zero-order valence-electron chi connectivity index (χ0n) is 5.05. The first-order chi connectivity index (χ1) is 4.74. The normalized spacial score (nSPS) is 25.2. The van der Waals surface area contributed by atoms with Gasteiger partial charge in [0.2, 0.25) is 0 Å². The van der Waals surface area contributed by atoms with Gasteiger partial charge in [0.1, 0.15) is 16.6 Å². The summed E-state index contributed by atoms with van der Waals surface area (Å²) >= 11 is 11.1. The third-order valence-corrected chi connectivity index (χ3v) is 1.83. The molecule has 1 aliphatic heterocycles. The Morgan fingerprint density at radius 2 is 2.40 bits per heavy atom. The Kier molecular flexibility index (Phi) is 2.46. The number of carbonyl (C=O) groups excluding carboxylic acids is 1. The van der Waals surface area contributed by atoms with Gasteiger partial charge >= 0.3 is 0 Å². The first-order valence-corrected chi connectivity index (χ1v) is 3.54. The smallest absolute Gasteiger partial charge is 0.130 e. The molecule has 0 aromatic heterocycles. The van der Waals surface area contributed by atoms with Crippen molar-refractivity contribution in [2.75, 3.05) is 0 Å². The lowest BCUT2D eigenvalue weighted by Crippen LogP contribution is -2.12. The Balaban J connectivity index is 2.77. The average molecular weight is 178 g/mol. The topological polar surface area (TPSA) is 29.4 Å². The fraction of sp³-hybridized carbons (Fsp3) is 0.333. The van der Waals surface area contributed by atoms with Crippen LogP contribution < -0.4 is 0 Å². The van der Waals surface area contributed by atoms with Gasteiger partial charge in [0.15, 0.2) is 0 Å². The molecule has 0 aromatic carbocycles. The Hall–Kier alpha value is -0.340. The number of hydrogen-bond acceptors (Lipinski definition) is 2. The van der Waals surface area contributed by atoms with E-state index in [4.69, 9.17) is 23.2 Å². The van der Waals surface area contributed by atoms with Crippen molar-refractivity contribution < 1.29 is 4.79 Å². The molecule has 0 aromatic rings. The van der Waals surface area contributed by atoms with Gasteiger partial charge in [0.25, 0.3) is 0 Å². The summed E-state index contributed by atoms with van der Waals surface area (Å²) in [5.74, 6) is -0.288. The predicted molar refractivity (Wildman–Crippen MR) is 41.4 cm³/mol. The van der Waals surface area contributed by atoms with Crippen LogP contribution in [0.1, 0.15) is 6.42 Å². The Bertz CT molecular complexity index is 210. The van der Waals surface area contributed by atoms with Crippen LogP contribution in [-0.4, -0.2) is 11.5 Å². The van der Waals surface area contributed by atoms with Gasteiger partial charge < -0.3 is 4.79 Å². The maximum Gasteiger partial charge on any atom is 0.130 e. The third kappa shape index (κ3) is 1.58. The molecule has 1 unspecified atom stereocenters. The van der Waals surface area contributed by atoms with Crippen LogP contribution in [0.25, 0.3) is 0 Å². The van der Waals surface area contributed by atoms with E-state index in [1.165, 1.54) is 0 Å². The zero-order chi connectivity index (χ0) is 7.56. The number of halogens is 2. The minimum Gasteiger partial charge on any atom is -0.303 e. The van der Waals surface area contributed by atoms with Crippen LogP contribution in [0, 0.1) is 5.92 Å². The molecule has 2 nitrogen and oxygen atoms in total. The monoisotopic (exact) mass is 177 g/mol. The SMILES string of the molecule is O=CC1CC=C(Cl)N=C1Cl. The van der Waals surface area contributed by atoms with E-state index in [1.54, 1.807) is 6.08 Å². The molecule has 10 heavy (non-hydrogen) atoms.